The van der Waals surface area contributed by atoms with Crippen LogP contribution in [-0.4, -0.2) is 20.9 Å². The summed E-state index contributed by atoms with van der Waals surface area (Å²) >= 11 is 0. The van der Waals surface area contributed by atoms with Crippen molar-refractivity contribution in [3.8, 4) is 5.69 Å². The Bertz CT molecular complexity index is 450. The lowest BCUT2D eigenvalue weighted by Gasteiger charge is -2.04. The molecule has 0 fully saturated rings. The molecule has 1 aromatic carbocycles. The predicted octanol–water partition coefficient (Wildman–Crippen LogP) is 0.366. The summed E-state index contributed by atoms with van der Waals surface area (Å²) in [5, 5.41) is 7.45. The maximum Gasteiger partial charge on any atom is 0.250 e. The molecule has 0 aliphatic heterocycles. The zero-order chi connectivity index (χ0) is 9.97. The largest absolute Gasteiger partial charge is 0.366 e. The van der Waals surface area contributed by atoms with Crippen LogP contribution < -0.4 is 5.73 Å². The normalized spacial score (nSPS) is 10.0. The molecule has 1 amide bonds. The average Bonchev–Trinajstić information content (AvgIpc) is 2.70. The highest BCUT2D eigenvalue weighted by molar-refractivity contribution is 5.96. The number of amides is 1. The summed E-state index contributed by atoms with van der Waals surface area (Å²) in [4.78, 5) is 11.1. The highest BCUT2D eigenvalue weighted by atomic mass is 16.1. The lowest BCUT2D eigenvalue weighted by Crippen LogP contribution is -2.14. The average molecular weight is 188 g/mol. The molecule has 0 radical (unpaired) electrons. The molecule has 5 heteroatoms. The van der Waals surface area contributed by atoms with E-state index in [1.807, 2.05) is 6.07 Å². The van der Waals surface area contributed by atoms with Gasteiger partial charge < -0.3 is 5.73 Å². The molecule has 0 spiro atoms. The quantitative estimate of drug-likeness (QED) is 0.739. The van der Waals surface area contributed by atoms with E-state index in [0.717, 1.165) is 0 Å². The second-order valence-electron chi connectivity index (χ2n) is 2.73. The molecule has 1 aromatic heterocycles. The van der Waals surface area contributed by atoms with Crippen LogP contribution in [-0.2, 0) is 0 Å². The van der Waals surface area contributed by atoms with Crippen molar-refractivity contribution in [2.45, 2.75) is 0 Å². The van der Waals surface area contributed by atoms with Crippen LogP contribution >= 0.6 is 0 Å². The van der Waals surface area contributed by atoms with Crippen LogP contribution in [0.2, 0.25) is 0 Å². The fraction of sp³-hybridized carbons (Fsp3) is 0. The van der Waals surface area contributed by atoms with Crippen LogP contribution in [0.25, 0.3) is 5.69 Å². The number of hydrogen-bond donors (Lipinski definition) is 1. The number of benzene rings is 1. The molecule has 0 aliphatic rings. The number of nitrogens with zero attached hydrogens (tertiary/aromatic N) is 3. The second-order valence-corrected chi connectivity index (χ2v) is 2.73. The highest BCUT2D eigenvalue weighted by Crippen LogP contribution is 2.11. The summed E-state index contributed by atoms with van der Waals surface area (Å²) in [6.07, 6.45) is 3.19. The van der Waals surface area contributed by atoms with Crippen molar-refractivity contribution < 1.29 is 4.79 Å². The third-order valence-electron chi connectivity index (χ3n) is 1.84. The smallest absolute Gasteiger partial charge is 0.250 e. The summed E-state index contributed by atoms with van der Waals surface area (Å²) in [5.41, 5.74) is 6.29. The van der Waals surface area contributed by atoms with Gasteiger partial charge in [0.25, 0.3) is 5.91 Å². The first-order valence-electron chi connectivity index (χ1n) is 4.04. The van der Waals surface area contributed by atoms with Crippen LogP contribution in [0.1, 0.15) is 10.4 Å². The van der Waals surface area contributed by atoms with E-state index in [4.69, 9.17) is 5.73 Å². The number of carbonyl (C=O) groups is 1. The van der Waals surface area contributed by atoms with Gasteiger partial charge in [-0.1, -0.05) is 17.3 Å². The molecule has 1 heterocycles. The minimum Gasteiger partial charge on any atom is -0.366 e. The first-order chi connectivity index (χ1) is 6.79. The van der Waals surface area contributed by atoms with Crippen molar-refractivity contribution in [3.63, 3.8) is 0 Å². The van der Waals surface area contributed by atoms with E-state index in [2.05, 4.69) is 10.3 Å². The van der Waals surface area contributed by atoms with Gasteiger partial charge in [0.2, 0.25) is 0 Å². The van der Waals surface area contributed by atoms with Crippen LogP contribution in [0.4, 0.5) is 0 Å². The molecular weight excluding hydrogens is 180 g/mol. The molecule has 0 bridgehead atoms. The van der Waals surface area contributed by atoms with Gasteiger partial charge in [0.1, 0.15) is 0 Å². The number of para-hydroxylation sites is 1. The molecule has 0 atom stereocenters. The van der Waals surface area contributed by atoms with Gasteiger partial charge in [-0.25, -0.2) is 4.68 Å². The van der Waals surface area contributed by atoms with Gasteiger partial charge in [-0.2, -0.15) is 0 Å². The lowest BCUT2D eigenvalue weighted by molar-refractivity contribution is 0.1000. The molecule has 0 unspecified atom stereocenters. The maximum absolute atomic E-state index is 11.1. The maximum atomic E-state index is 11.1. The zero-order valence-corrected chi connectivity index (χ0v) is 7.29. The standard InChI is InChI=1S/C9H8N4O/c10-9(14)7-3-1-2-4-8(7)13-6-5-11-12-13/h1-6H,(H2,10,14). The van der Waals surface area contributed by atoms with Gasteiger partial charge in [-0.05, 0) is 12.1 Å². The molecule has 2 aromatic rings. The monoisotopic (exact) mass is 188 g/mol. The van der Waals surface area contributed by atoms with E-state index >= 15 is 0 Å². The third kappa shape index (κ3) is 1.35. The van der Waals surface area contributed by atoms with Gasteiger partial charge in [-0.15, -0.1) is 5.10 Å². The van der Waals surface area contributed by atoms with E-state index in [1.54, 1.807) is 24.4 Å². The minimum atomic E-state index is -0.476. The minimum absolute atomic E-state index is 0.429. The summed E-state index contributed by atoms with van der Waals surface area (Å²) in [7, 11) is 0. The predicted molar refractivity (Wildman–Crippen MR) is 49.9 cm³/mol. The van der Waals surface area contributed by atoms with Crippen molar-refractivity contribution in [3.05, 3.63) is 42.2 Å². The number of aromatic nitrogens is 3. The van der Waals surface area contributed by atoms with Crippen molar-refractivity contribution in [2.24, 2.45) is 5.73 Å². The van der Waals surface area contributed by atoms with Gasteiger partial charge in [-0.3, -0.25) is 4.79 Å². The number of primary amides is 1. The second kappa shape index (κ2) is 3.29. The molecule has 70 valence electrons. The van der Waals surface area contributed by atoms with Crippen molar-refractivity contribution >= 4 is 5.91 Å². The Kier molecular flexibility index (Phi) is 1.98. The summed E-state index contributed by atoms with van der Waals surface area (Å²) in [5.74, 6) is -0.476. The molecule has 5 nitrogen and oxygen atoms in total. The van der Waals surface area contributed by atoms with E-state index in [9.17, 15) is 4.79 Å². The summed E-state index contributed by atoms with van der Waals surface area (Å²) < 4.78 is 1.50. The fourth-order valence-corrected chi connectivity index (χ4v) is 1.22. The Labute approximate surface area is 80.2 Å². The zero-order valence-electron chi connectivity index (χ0n) is 7.29. The molecule has 0 aliphatic carbocycles. The van der Waals surface area contributed by atoms with Crippen LogP contribution in [0, 0.1) is 0 Å². The van der Waals surface area contributed by atoms with E-state index < -0.39 is 5.91 Å². The number of carbonyl (C=O) groups excluding carboxylic acids is 1. The fourth-order valence-electron chi connectivity index (χ4n) is 1.22. The van der Waals surface area contributed by atoms with Gasteiger partial charge in [0.15, 0.2) is 0 Å². The highest BCUT2D eigenvalue weighted by Gasteiger charge is 2.08. The number of hydrogen-bond acceptors (Lipinski definition) is 3. The van der Waals surface area contributed by atoms with Crippen molar-refractivity contribution in [1.82, 2.24) is 15.0 Å². The Balaban J connectivity index is 2.58. The first-order valence-corrected chi connectivity index (χ1v) is 4.04. The Morgan fingerprint density at radius 2 is 2.14 bits per heavy atom. The number of nitrogens with two attached hydrogens (primary N) is 1. The van der Waals surface area contributed by atoms with E-state index in [0.29, 0.717) is 11.3 Å². The SMILES string of the molecule is NC(=O)c1ccccc1-n1ccnn1. The van der Waals surface area contributed by atoms with Crippen LogP contribution in [0.5, 0.6) is 0 Å². The van der Waals surface area contributed by atoms with Gasteiger partial charge >= 0.3 is 0 Å². The Hall–Kier alpha value is -2.17. The van der Waals surface area contributed by atoms with Crippen molar-refractivity contribution in [1.29, 1.82) is 0 Å². The topological polar surface area (TPSA) is 73.8 Å². The molecule has 0 saturated heterocycles. The summed E-state index contributed by atoms with van der Waals surface area (Å²) in [6.45, 7) is 0. The lowest BCUT2D eigenvalue weighted by atomic mass is 10.2. The molecule has 14 heavy (non-hydrogen) atoms. The van der Waals surface area contributed by atoms with Gasteiger partial charge in [0.05, 0.1) is 23.6 Å². The van der Waals surface area contributed by atoms with E-state index in [1.165, 1.54) is 10.9 Å². The van der Waals surface area contributed by atoms with Crippen LogP contribution in [0.15, 0.2) is 36.7 Å². The van der Waals surface area contributed by atoms with Crippen LogP contribution in [0.3, 0.4) is 0 Å². The first kappa shape index (κ1) is 8.43. The summed E-state index contributed by atoms with van der Waals surface area (Å²) in [6, 6.07) is 6.97. The molecule has 2 N–H and O–H groups in total. The van der Waals surface area contributed by atoms with Gasteiger partial charge in [0, 0.05) is 0 Å². The molecule has 2 rings (SSSR count). The Morgan fingerprint density at radius 1 is 1.36 bits per heavy atom. The Morgan fingerprint density at radius 3 is 2.79 bits per heavy atom. The molecular formula is C9H8N4O. The third-order valence-corrected chi connectivity index (χ3v) is 1.84. The molecule has 0 saturated carbocycles. The number of rotatable bonds is 2. The van der Waals surface area contributed by atoms with Crippen molar-refractivity contribution in [2.75, 3.05) is 0 Å². The van der Waals surface area contributed by atoms with E-state index in [-0.39, 0.29) is 0 Å².